The van der Waals surface area contributed by atoms with E-state index in [4.69, 9.17) is 4.74 Å². The van der Waals surface area contributed by atoms with Crippen molar-refractivity contribution < 1.29 is 13.5 Å². The lowest BCUT2D eigenvalue weighted by molar-refractivity contribution is 0.137. The van der Waals surface area contributed by atoms with Crippen molar-refractivity contribution in [3.05, 3.63) is 59.9 Å². The van der Waals surface area contributed by atoms with Crippen LogP contribution in [-0.4, -0.2) is 18.1 Å². The highest BCUT2D eigenvalue weighted by molar-refractivity contribution is 5.26. The van der Waals surface area contributed by atoms with Crippen molar-refractivity contribution >= 4 is 0 Å². The van der Waals surface area contributed by atoms with Crippen LogP contribution in [0.2, 0.25) is 0 Å². The molecule has 1 N–H and O–H groups in total. The molecule has 0 radical (unpaired) electrons. The van der Waals surface area contributed by atoms with Crippen molar-refractivity contribution in [2.45, 2.75) is 12.5 Å². The first-order chi connectivity index (χ1) is 10.2. The van der Waals surface area contributed by atoms with Crippen LogP contribution in [0.5, 0.6) is 5.75 Å². The number of aromatic nitrogens is 1. The number of ether oxygens (including phenoxy) is 1. The van der Waals surface area contributed by atoms with E-state index in [1.165, 1.54) is 12.1 Å². The second-order valence-corrected chi connectivity index (χ2v) is 5.15. The highest BCUT2D eigenvalue weighted by Crippen LogP contribution is 2.32. The van der Waals surface area contributed by atoms with E-state index in [0.717, 1.165) is 31.1 Å². The Hall–Kier alpha value is -2.01. The molecular formula is C16H16F2N2O. The minimum Gasteiger partial charge on any atom is -0.482 e. The smallest absolute Gasteiger partial charge is 0.168 e. The standard InChI is InChI=1S/C16H16F2N2O/c17-13-3-4-15(14(18)8-13)21-16(12-5-7-20-10-12)11-2-1-6-19-9-11/h1-4,6,8-9,12,16,20H,5,7,10H2/t12-,16?/m0/s1. The van der Waals surface area contributed by atoms with Crippen molar-refractivity contribution in [1.82, 2.24) is 10.3 Å². The maximum absolute atomic E-state index is 13.8. The van der Waals surface area contributed by atoms with Crippen molar-refractivity contribution in [3.63, 3.8) is 0 Å². The van der Waals surface area contributed by atoms with E-state index in [2.05, 4.69) is 10.3 Å². The van der Waals surface area contributed by atoms with Crippen LogP contribution in [0.4, 0.5) is 8.78 Å². The largest absolute Gasteiger partial charge is 0.482 e. The predicted octanol–water partition coefficient (Wildman–Crippen LogP) is 3.09. The lowest BCUT2D eigenvalue weighted by Gasteiger charge is -2.24. The Kier molecular flexibility index (Phi) is 4.10. The molecule has 3 nitrogen and oxygen atoms in total. The van der Waals surface area contributed by atoms with Gasteiger partial charge in [-0.15, -0.1) is 0 Å². The molecule has 1 aromatic carbocycles. The third-order valence-corrected chi connectivity index (χ3v) is 3.69. The molecule has 1 aromatic heterocycles. The van der Waals surface area contributed by atoms with Crippen molar-refractivity contribution in [2.75, 3.05) is 13.1 Å². The summed E-state index contributed by atoms with van der Waals surface area (Å²) in [6.45, 7) is 1.72. The summed E-state index contributed by atoms with van der Waals surface area (Å²) in [4.78, 5) is 4.10. The zero-order chi connectivity index (χ0) is 14.7. The number of pyridine rings is 1. The third kappa shape index (κ3) is 3.19. The van der Waals surface area contributed by atoms with Gasteiger partial charge in [0, 0.05) is 36.5 Å². The Morgan fingerprint density at radius 1 is 1.29 bits per heavy atom. The lowest BCUT2D eigenvalue weighted by Crippen LogP contribution is -2.22. The van der Waals surface area contributed by atoms with Crippen LogP contribution in [0.25, 0.3) is 0 Å². The zero-order valence-electron chi connectivity index (χ0n) is 11.4. The summed E-state index contributed by atoms with van der Waals surface area (Å²) in [5, 5.41) is 3.28. The molecule has 1 aliphatic heterocycles. The highest BCUT2D eigenvalue weighted by atomic mass is 19.1. The van der Waals surface area contributed by atoms with Gasteiger partial charge in [-0.2, -0.15) is 0 Å². The monoisotopic (exact) mass is 290 g/mol. The zero-order valence-corrected chi connectivity index (χ0v) is 11.4. The molecule has 1 saturated heterocycles. The Morgan fingerprint density at radius 3 is 2.86 bits per heavy atom. The third-order valence-electron chi connectivity index (χ3n) is 3.69. The number of benzene rings is 1. The molecular weight excluding hydrogens is 274 g/mol. The van der Waals surface area contributed by atoms with E-state index in [9.17, 15) is 8.78 Å². The first-order valence-corrected chi connectivity index (χ1v) is 6.96. The molecule has 2 heterocycles. The van der Waals surface area contributed by atoms with Crippen LogP contribution >= 0.6 is 0 Å². The average molecular weight is 290 g/mol. The van der Waals surface area contributed by atoms with Gasteiger partial charge < -0.3 is 10.1 Å². The summed E-state index contributed by atoms with van der Waals surface area (Å²) < 4.78 is 32.7. The van der Waals surface area contributed by atoms with Crippen LogP contribution in [0, 0.1) is 17.6 Å². The normalized spacial score (nSPS) is 19.4. The second kappa shape index (κ2) is 6.18. The van der Waals surface area contributed by atoms with E-state index in [1.54, 1.807) is 12.4 Å². The maximum Gasteiger partial charge on any atom is 0.168 e. The summed E-state index contributed by atoms with van der Waals surface area (Å²) in [5.74, 6) is -0.994. The summed E-state index contributed by atoms with van der Waals surface area (Å²) >= 11 is 0. The molecule has 1 fully saturated rings. The number of nitrogens with one attached hydrogen (secondary N) is 1. The van der Waals surface area contributed by atoms with Gasteiger partial charge in [0.2, 0.25) is 0 Å². The van der Waals surface area contributed by atoms with E-state index in [1.807, 2.05) is 12.1 Å². The lowest BCUT2D eigenvalue weighted by atomic mass is 9.96. The number of hydrogen-bond acceptors (Lipinski definition) is 3. The van der Waals surface area contributed by atoms with Crippen LogP contribution in [-0.2, 0) is 0 Å². The van der Waals surface area contributed by atoms with E-state index in [0.29, 0.717) is 0 Å². The predicted molar refractivity (Wildman–Crippen MR) is 74.9 cm³/mol. The van der Waals surface area contributed by atoms with Gasteiger partial charge in [0.25, 0.3) is 0 Å². The van der Waals surface area contributed by atoms with Crippen molar-refractivity contribution in [3.8, 4) is 5.75 Å². The van der Waals surface area contributed by atoms with Crippen molar-refractivity contribution in [2.24, 2.45) is 5.92 Å². The number of hydrogen-bond donors (Lipinski definition) is 1. The summed E-state index contributed by atoms with van der Waals surface area (Å²) in [5.41, 5.74) is 0.898. The highest BCUT2D eigenvalue weighted by Gasteiger charge is 2.29. The Morgan fingerprint density at radius 2 is 2.19 bits per heavy atom. The molecule has 0 saturated carbocycles. The van der Waals surface area contributed by atoms with Gasteiger partial charge in [-0.05, 0) is 31.2 Å². The first kappa shape index (κ1) is 13.9. The fraction of sp³-hybridized carbons (Fsp3) is 0.312. The molecule has 110 valence electrons. The van der Waals surface area contributed by atoms with Crippen LogP contribution in [0.15, 0.2) is 42.7 Å². The summed E-state index contributed by atoms with van der Waals surface area (Å²) in [6, 6.07) is 7.11. The quantitative estimate of drug-likeness (QED) is 0.939. The van der Waals surface area contributed by atoms with Gasteiger partial charge in [0.1, 0.15) is 11.9 Å². The molecule has 2 aromatic rings. The van der Waals surface area contributed by atoms with E-state index in [-0.39, 0.29) is 17.8 Å². The number of rotatable bonds is 4. The molecule has 3 rings (SSSR count). The molecule has 1 aliphatic rings. The Labute approximate surface area is 122 Å². The number of nitrogens with zero attached hydrogens (tertiary/aromatic N) is 1. The summed E-state index contributed by atoms with van der Waals surface area (Å²) in [6.07, 6.45) is 4.06. The molecule has 0 spiro atoms. The minimum absolute atomic E-state index is 0.0668. The van der Waals surface area contributed by atoms with Gasteiger partial charge in [0.05, 0.1) is 0 Å². The van der Waals surface area contributed by atoms with Crippen LogP contribution in [0.3, 0.4) is 0 Å². The van der Waals surface area contributed by atoms with Gasteiger partial charge in [-0.25, -0.2) is 8.78 Å². The minimum atomic E-state index is -0.685. The number of halogens is 2. The molecule has 1 unspecified atom stereocenters. The Balaban J connectivity index is 1.88. The summed E-state index contributed by atoms with van der Waals surface area (Å²) in [7, 11) is 0. The maximum atomic E-state index is 13.8. The van der Waals surface area contributed by atoms with Crippen molar-refractivity contribution in [1.29, 1.82) is 0 Å². The van der Waals surface area contributed by atoms with Crippen LogP contribution in [0.1, 0.15) is 18.1 Å². The fourth-order valence-corrected chi connectivity index (χ4v) is 2.62. The van der Waals surface area contributed by atoms with Crippen LogP contribution < -0.4 is 10.1 Å². The van der Waals surface area contributed by atoms with Gasteiger partial charge >= 0.3 is 0 Å². The second-order valence-electron chi connectivity index (χ2n) is 5.15. The van der Waals surface area contributed by atoms with E-state index < -0.39 is 11.6 Å². The SMILES string of the molecule is Fc1ccc(OC(c2cccnc2)[C@H]2CCNC2)c(F)c1. The first-order valence-electron chi connectivity index (χ1n) is 6.96. The van der Waals surface area contributed by atoms with Gasteiger partial charge in [-0.1, -0.05) is 6.07 Å². The average Bonchev–Trinajstić information content (AvgIpc) is 3.01. The Bertz CT molecular complexity index is 600. The molecule has 0 aliphatic carbocycles. The molecule has 5 heteroatoms. The molecule has 2 atom stereocenters. The fourth-order valence-electron chi connectivity index (χ4n) is 2.62. The molecule has 0 bridgehead atoms. The van der Waals surface area contributed by atoms with Gasteiger partial charge in [0.15, 0.2) is 11.6 Å². The van der Waals surface area contributed by atoms with E-state index >= 15 is 0 Å². The van der Waals surface area contributed by atoms with Gasteiger partial charge in [-0.3, -0.25) is 4.98 Å². The molecule has 21 heavy (non-hydrogen) atoms. The molecule has 0 amide bonds. The topological polar surface area (TPSA) is 34.1 Å².